The van der Waals surface area contributed by atoms with Crippen LogP contribution in [0.2, 0.25) is 0 Å². The van der Waals surface area contributed by atoms with Gasteiger partial charge in [-0.2, -0.15) is 0 Å². The van der Waals surface area contributed by atoms with E-state index in [1.54, 1.807) is 0 Å². The monoisotopic (exact) mass is 244 g/mol. The predicted octanol–water partition coefficient (Wildman–Crippen LogP) is 5.69. The van der Waals surface area contributed by atoms with Crippen LogP contribution in [0.4, 0.5) is 0 Å². The molecule has 0 aliphatic heterocycles. The van der Waals surface area contributed by atoms with Gasteiger partial charge < -0.3 is 0 Å². The molecule has 0 N–H and O–H groups in total. The Morgan fingerprint density at radius 3 is 2.28 bits per heavy atom. The Kier molecular flexibility index (Phi) is 5.19. The highest BCUT2D eigenvalue weighted by atomic mass is 14.5. The summed E-state index contributed by atoms with van der Waals surface area (Å²) in [5, 5.41) is 0. The van der Waals surface area contributed by atoms with E-state index in [-0.39, 0.29) is 0 Å². The lowest BCUT2D eigenvalue weighted by molar-refractivity contribution is 0.439. The van der Waals surface area contributed by atoms with Crippen LogP contribution in [-0.2, 0) is 0 Å². The quantitative estimate of drug-likeness (QED) is 0.526. The molecule has 100 valence electrons. The Labute approximate surface area is 113 Å². The Bertz CT molecular complexity index is 373. The number of hydrogen-bond acceptors (Lipinski definition) is 0. The van der Waals surface area contributed by atoms with Crippen molar-refractivity contribution in [1.82, 2.24) is 0 Å². The van der Waals surface area contributed by atoms with Crippen molar-refractivity contribution < 1.29 is 0 Å². The van der Waals surface area contributed by atoms with Gasteiger partial charge in [-0.15, -0.1) is 0 Å². The molecule has 0 radical (unpaired) electrons. The highest BCUT2D eigenvalue weighted by molar-refractivity contribution is 5.40. The molecular weight excluding hydrogens is 216 g/mol. The van der Waals surface area contributed by atoms with Crippen LogP contribution in [0, 0.1) is 17.3 Å². The van der Waals surface area contributed by atoms with Crippen LogP contribution in [0.3, 0.4) is 0 Å². The highest BCUT2D eigenvalue weighted by Gasteiger charge is 2.40. The predicted molar refractivity (Wildman–Crippen MR) is 82.5 cm³/mol. The fourth-order valence-electron chi connectivity index (χ4n) is 2.11. The number of hydrogen-bond donors (Lipinski definition) is 0. The van der Waals surface area contributed by atoms with E-state index in [2.05, 4.69) is 64.7 Å². The van der Waals surface area contributed by atoms with Crippen molar-refractivity contribution in [2.75, 3.05) is 0 Å². The van der Waals surface area contributed by atoms with Crippen LogP contribution in [-0.4, -0.2) is 0 Å². The van der Waals surface area contributed by atoms with Gasteiger partial charge in [0.05, 0.1) is 0 Å². The number of rotatable bonds is 6. The first-order valence-corrected chi connectivity index (χ1v) is 7.11. The average Bonchev–Trinajstić information content (AvgIpc) is 3.05. The van der Waals surface area contributed by atoms with Crippen molar-refractivity contribution in [3.05, 3.63) is 48.1 Å². The van der Waals surface area contributed by atoms with Gasteiger partial charge in [-0.1, -0.05) is 64.7 Å². The van der Waals surface area contributed by atoms with Crippen LogP contribution in [0.5, 0.6) is 0 Å². The molecule has 0 aromatic rings. The molecule has 0 aromatic carbocycles. The van der Waals surface area contributed by atoms with Gasteiger partial charge in [0.1, 0.15) is 0 Å². The van der Waals surface area contributed by atoms with Crippen molar-refractivity contribution in [2.45, 2.75) is 47.5 Å². The van der Waals surface area contributed by atoms with E-state index in [0.717, 1.165) is 5.57 Å². The second-order valence-electron chi connectivity index (χ2n) is 6.13. The Morgan fingerprint density at radius 1 is 1.22 bits per heavy atom. The topological polar surface area (TPSA) is 0 Å². The van der Waals surface area contributed by atoms with Crippen LogP contribution in [0.25, 0.3) is 0 Å². The second kappa shape index (κ2) is 6.22. The second-order valence-corrected chi connectivity index (χ2v) is 6.13. The molecule has 1 atom stereocenters. The largest absolute Gasteiger partial charge is 0.0915 e. The van der Waals surface area contributed by atoms with Crippen LogP contribution >= 0.6 is 0 Å². The van der Waals surface area contributed by atoms with Gasteiger partial charge >= 0.3 is 0 Å². The van der Waals surface area contributed by atoms with E-state index in [1.165, 1.54) is 18.4 Å². The van der Waals surface area contributed by atoms with Gasteiger partial charge in [-0.3, -0.25) is 0 Å². The van der Waals surface area contributed by atoms with E-state index in [0.29, 0.717) is 17.3 Å². The summed E-state index contributed by atoms with van der Waals surface area (Å²) in [7, 11) is 0. The standard InChI is InChI=1S/C18H28/c1-7-8-9-17(14(2)3)15(4)10-11-16(5)18(6)12-13-18/h7-11,14,16H,4,12-13H2,1-3,5-6H3/b8-7-,11-10-,17-9+. The lowest BCUT2D eigenvalue weighted by Gasteiger charge is -2.15. The summed E-state index contributed by atoms with van der Waals surface area (Å²) in [6.07, 6.45) is 13.6. The first-order valence-electron chi connectivity index (χ1n) is 7.11. The summed E-state index contributed by atoms with van der Waals surface area (Å²) < 4.78 is 0. The molecule has 1 aliphatic carbocycles. The first-order chi connectivity index (χ1) is 8.40. The summed E-state index contributed by atoms with van der Waals surface area (Å²) >= 11 is 0. The lowest BCUT2D eigenvalue weighted by Crippen LogP contribution is -2.05. The summed E-state index contributed by atoms with van der Waals surface area (Å²) in [6.45, 7) is 15.4. The fourth-order valence-corrected chi connectivity index (χ4v) is 2.11. The molecule has 1 saturated carbocycles. The summed E-state index contributed by atoms with van der Waals surface area (Å²) in [5.41, 5.74) is 3.04. The minimum atomic E-state index is 0.519. The van der Waals surface area contributed by atoms with Gasteiger partial charge in [0, 0.05) is 0 Å². The maximum absolute atomic E-state index is 4.21. The van der Waals surface area contributed by atoms with E-state index in [4.69, 9.17) is 0 Å². The molecule has 0 spiro atoms. The zero-order valence-electron chi connectivity index (χ0n) is 12.7. The van der Waals surface area contributed by atoms with E-state index in [1.807, 2.05) is 6.92 Å². The molecule has 0 amide bonds. The highest BCUT2D eigenvalue weighted by Crippen LogP contribution is 2.51. The molecule has 18 heavy (non-hydrogen) atoms. The van der Waals surface area contributed by atoms with Gasteiger partial charge in [0.15, 0.2) is 0 Å². The summed E-state index contributed by atoms with van der Waals surface area (Å²) in [5.74, 6) is 1.18. The fraction of sp³-hybridized carbons (Fsp3) is 0.556. The molecule has 1 aliphatic rings. The van der Waals surface area contributed by atoms with Crippen LogP contribution in [0.1, 0.15) is 47.5 Å². The van der Waals surface area contributed by atoms with Gasteiger partial charge in [0.25, 0.3) is 0 Å². The molecule has 0 nitrogen and oxygen atoms in total. The lowest BCUT2D eigenvalue weighted by atomic mass is 9.90. The molecule has 0 aromatic heterocycles. The maximum atomic E-state index is 4.21. The van der Waals surface area contributed by atoms with Crippen LogP contribution < -0.4 is 0 Å². The molecule has 0 bridgehead atoms. The van der Waals surface area contributed by atoms with Crippen molar-refractivity contribution in [3.8, 4) is 0 Å². The molecule has 0 saturated heterocycles. The van der Waals surface area contributed by atoms with Gasteiger partial charge in [-0.25, -0.2) is 0 Å². The van der Waals surface area contributed by atoms with Crippen molar-refractivity contribution in [1.29, 1.82) is 0 Å². The SMILES string of the molecule is C=C(/C=C\C(C)C1(C)CC1)/C(=C/C=C\C)C(C)C. The van der Waals surface area contributed by atoms with E-state index >= 15 is 0 Å². The zero-order valence-corrected chi connectivity index (χ0v) is 12.7. The third-order valence-electron chi connectivity index (χ3n) is 4.19. The average molecular weight is 244 g/mol. The zero-order chi connectivity index (χ0) is 13.8. The Hall–Kier alpha value is -1.04. The smallest absolute Gasteiger partial charge is 0.0205 e. The van der Waals surface area contributed by atoms with E-state index in [9.17, 15) is 0 Å². The van der Waals surface area contributed by atoms with Crippen LogP contribution in [0.15, 0.2) is 48.1 Å². The van der Waals surface area contributed by atoms with Crippen molar-refractivity contribution >= 4 is 0 Å². The van der Waals surface area contributed by atoms with Crippen molar-refractivity contribution in [3.63, 3.8) is 0 Å². The minimum absolute atomic E-state index is 0.519. The maximum Gasteiger partial charge on any atom is -0.0205 e. The third kappa shape index (κ3) is 4.01. The molecule has 1 unspecified atom stereocenters. The molecule has 1 rings (SSSR count). The minimum Gasteiger partial charge on any atom is -0.0915 e. The molecular formula is C18H28. The molecule has 1 fully saturated rings. The van der Waals surface area contributed by atoms with Crippen molar-refractivity contribution in [2.24, 2.45) is 17.3 Å². The van der Waals surface area contributed by atoms with Gasteiger partial charge in [-0.05, 0) is 48.2 Å². The van der Waals surface area contributed by atoms with E-state index < -0.39 is 0 Å². The first kappa shape index (κ1) is 15.0. The Morgan fingerprint density at radius 2 is 1.83 bits per heavy atom. The Balaban J connectivity index is 2.70. The number of allylic oxidation sites excluding steroid dienone is 7. The molecule has 0 heterocycles. The summed E-state index contributed by atoms with van der Waals surface area (Å²) in [4.78, 5) is 0. The van der Waals surface area contributed by atoms with Gasteiger partial charge in [0.2, 0.25) is 0 Å². The third-order valence-corrected chi connectivity index (χ3v) is 4.19. The molecule has 0 heteroatoms. The normalized spacial score (nSPS) is 20.9. The summed E-state index contributed by atoms with van der Waals surface area (Å²) in [6, 6.07) is 0.